The average molecular weight is 293 g/mol. The minimum atomic E-state index is -0.533. The van der Waals surface area contributed by atoms with Crippen LogP contribution in [0.5, 0.6) is 0 Å². The van der Waals surface area contributed by atoms with Crippen molar-refractivity contribution in [3.8, 4) is 0 Å². The predicted molar refractivity (Wildman–Crippen MR) is 82.0 cm³/mol. The van der Waals surface area contributed by atoms with Crippen LogP contribution in [0, 0.1) is 0 Å². The standard InChI is InChI=1S/C16H21ClN2O/c1-3-4-7-13(12-8-5-6-9-14(12)17)16-18-10-15(19-16)11(2)20/h5-6,8-11,13,20H,3-4,7H2,1-2H3,(H,18,19). The highest BCUT2D eigenvalue weighted by Crippen LogP contribution is 2.33. The lowest BCUT2D eigenvalue weighted by molar-refractivity contribution is 0.194. The first-order valence-corrected chi connectivity index (χ1v) is 7.48. The molecule has 0 fully saturated rings. The summed E-state index contributed by atoms with van der Waals surface area (Å²) in [5.41, 5.74) is 1.84. The molecule has 0 aliphatic rings. The first kappa shape index (κ1) is 15.1. The Kier molecular flexibility index (Phi) is 5.21. The molecule has 0 saturated carbocycles. The molecule has 3 nitrogen and oxygen atoms in total. The van der Waals surface area contributed by atoms with Crippen LogP contribution < -0.4 is 0 Å². The van der Waals surface area contributed by atoms with Crippen LogP contribution >= 0.6 is 11.6 Å². The number of halogens is 1. The summed E-state index contributed by atoms with van der Waals surface area (Å²) in [5.74, 6) is 1.03. The van der Waals surface area contributed by atoms with E-state index in [1.165, 1.54) is 0 Å². The van der Waals surface area contributed by atoms with Gasteiger partial charge in [-0.25, -0.2) is 4.98 Å². The molecule has 0 radical (unpaired) electrons. The maximum atomic E-state index is 9.62. The molecule has 20 heavy (non-hydrogen) atoms. The average Bonchev–Trinajstić information content (AvgIpc) is 2.91. The van der Waals surface area contributed by atoms with Gasteiger partial charge in [0.25, 0.3) is 0 Å². The van der Waals surface area contributed by atoms with Gasteiger partial charge in [-0.05, 0) is 25.0 Å². The lowest BCUT2D eigenvalue weighted by atomic mass is 9.93. The molecule has 108 valence electrons. The second kappa shape index (κ2) is 6.91. The van der Waals surface area contributed by atoms with Crippen molar-refractivity contribution in [1.82, 2.24) is 9.97 Å². The van der Waals surface area contributed by atoms with Gasteiger partial charge < -0.3 is 10.1 Å². The van der Waals surface area contributed by atoms with Crippen LogP contribution in [-0.4, -0.2) is 15.1 Å². The molecule has 2 aromatic rings. The minimum absolute atomic E-state index is 0.149. The number of nitrogens with one attached hydrogen (secondary N) is 1. The van der Waals surface area contributed by atoms with Gasteiger partial charge in [0, 0.05) is 10.9 Å². The molecule has 0 aliphatic carbocycles. The second-order valence-electron chi connectivity index (χ2n) is 5.12. The number of imidazole rings is 1. The highest BCUT2D eigenvalue weighted by Gasteiger charge is 2.20. The van der Waals surface area contributed by atoms with Crippen LogP contribution in [0.15, 0.2) is 30.5 Å². The van der Waals surface area contributed by atoms with Crippen LogP contribution in [0.4, 0.5) is 0 Å². The van der Waals surface area contributed by atoms with Crippen molar-refractivity contribution < 1.29 is 5.11 Å². The van der Waals surface area contributed by atoms with Crippen molar-refractivity contribution in [1.29, 1.82) is 0 Å². The van der Waals surface area contributed by atoms with E-state index in [0.717, 1.165) is 41.4 Å². The number of rotatable bonds is 6. The van der Waals surface area contributed by atoms with Gasteiger partial charge in [0.05, 0.1) is 18.0 Å². The van der Waals surface area contributed by atoms with Crippen molar-refractivity contribution >= 4 is 11.6 Å². The fraction of sp³-hybridized carbons (Fsp3) is 0.438. The SMILES string of the molecule is CCCCC(c1ncc(C(C)O)[nH]1)c1ccccc1Cl. The van der Waals surface area contributed by atoms with Crippen molar-refractivity contribution in [2.24, 2.45) is 0 Å². The summed E-state index contributed by atoms with van der Waals surface area (Å²) >= 11 is 6.33. The molecule has 2 unspecified atom stereocenters. The third-order valence-electron chi connectivity index (χ3n) is 3.52. The molecule has 1 aromatic carbocycles. The van der Waals surface area contributed by atoms with Gasteiger partial charge in [-0.3, -0.25) is 0 Å². The molecular weight excluding hydrogens is 272 g/mol. The molecular formula is C16H21ClN2O. The lowest BCUT2D eigenvalue weighted by Crippen LogP contribution is -2.05. The van der Waals surface area contributed by atoms with Gasteiger partial charge >= 0.3 is 0 Å². The molecule has 0 amide bonds. The zero-order valence-electron chi connectivity index (χ0n) is 11.9. The predicted octanol–water partition coefficient (Wildman–Crippen LogP) is 4.44. The summed E-state index contributed by atoms with van der Waals surface area (Å²) in [4.78, 5) is 7.66. The van der Waals surface area contributed by atoms with Crippen LogP contribution in [-0.2, 0) is 0 Å². The number of H-pyrrole nitrogens is 1. The number of benzene rings is 1. The van der Waals surface area contributed by atoms with Crippen molar-refractivity contribution in [2.75, 3.05) is 0 Å². The number of nitrogens with zero attached hydrogens (tertiary/aromatic N) is 1. The van der Waals surface area contributed by atoms with E-state index in [1.54, 1.807) is 13.1 Å². The zero-order valence-corrected chi connectivity index (χ0v) is 12.7. The molecule has 4 heteroatoms. The first-order valence-electron chi connectivity index (χ1n) is 7.10. The summed E-state index contributed by atoms with van der Waals surface area (Å²) in [6, 6.07) is 7.90. The molecule has 0 aliphatic heterocycles. The van der Waals surface area contributed by atoms with Crippen LogP contribution in [0.25, 0.3) is 0 Å². The Morgan fingerprint density at radius 1 is 1.35 bits per heavy atom. The van der Waals surface area contributed by atoms with Gasteiger partial charge in [0.1, 0.15) is 5.82 Å². The van der Waals surface area contributed by atoms with Crippen LogP contribution in [0.2, 0.25) is 5.02 Å². The van der Waals surface area contributed by atoms with E-state index < -0.39 is 6.10 Å². The van der Waals surface area contributed by atoms with E-state index in [4.69, 9.17) is 11.6 Å². The Balaban J connectivity index is 2.34. The van der Waals surface area contributed by atoms with E-state index in [-0.39, 0.29) is 5.92 Å². The lowest BCUT2D eigenvalue weighted by Gasteiger charge is -2.16. The minimum Gasteiger partial charge on any atom is -0.387 e. The number of aliphatic hydroxyl groups excluding tert-OH is 1. The number of hydrogen-bond acceptors (Lipinski definition) is 2. The smallest absolute Gasteiger partial charge is 0.113 e. The molecule has 0 spiro atoms. The maximum Gasteiger partial charge on any atom is 0.113 e. The summed E-state index contributed by atoms with van der Waals surface area (Å²) < 4.78 is 0. The summed E-state index contributed by atoms with van der Waals surface area (Å²) in [5, 5.41) is 10.4. The molecule has 2 rings (SSSR count). The van der Waals surface area contributed by atoms with Gasteiger partial charge in [-0.15, -0.1) is 0 Å². The van der Waals surface area contributed by atoms with Crippen LogP contribution in [0.1, 0.15) is 62.2 Å². The highest BCUT2D eigenvalue weighted by atomic mass is 35.5. The highest BCUT2D eigenvalue weighted by molar-refractivity contribution is 6.31. The number of hydrogen-bond donors (Lipinski definition) is 2. The maximum absolute atomic E-state index is 9.62. The number of aliphatic hydroxyl groups is 1. The molecule has 0 saturated heterocycles. The Morgan fingerprint density at radius 2 is 2.10 bits per heavy atom. The normalized spacial score (nSPS) is 14.2. The first-order chi connectivity index (χ1) is 9.63. The third kappa shape index (κ3) is 3.41. The summed E-state index contributed by atoms with van der Waals surface area (Å²) in [7, 11) is 0. The Hall–Kier alpha value is -1.32. The fourth-order valence-electron chi connectivity index (χ4n) is 2.35. The Bertz CT molecular complexity index is 551. The van der Waals surface area contributed by atoms with Crippen molar-refractivity contribution in [3.05, 3.63) is 52.6 Å². The monoisotopic (exact) mass is 292 g/mol. The summed E-state index contributed by atoms with van der Waals surface area (Å²) in [6.45, 7) is 3.90. The zero-order chi connectivity index (χ0) is 14.5. The van der Waals surface area contributed by atoms with Crippen molar-refractivity contribution in [2.45, 2.75) is 45.1 Å². The van der Waals surface area contributed by atoms with Crippen LogP contribution in [0.3, 0.4) is 0 Å². The Morgan fingerprint density at radius 3 is 2.70 bits per heavy atom. The molecule has 0 bridgehead atoms. The number of aromatic amines is 1. The van der Waals surface area contributed by atoms with Gasteiger partial charge in [-0.2, -0.15) is 0 Å². The Labute approximate surface area is 125 Å². The van der Waals surface area contributed by atoms with E-state index >= 15 is 0 Å². The second-order valence-corrected chi connectivity index (χ2v) is 5.52. The van der Waals surface area contributed by atoms with Gasteiger partial charge in [-0.1, -0.05) is 49.6 Å². The molecule has 1 aromatic heterocycles. The van der Waals surface area contributed by atoms with E-state index in [9.17, 15) is 5.11 Å². The molecule has 1 heterocycles. The molecule has 2 N–H and O–H groups in total. The third-order valence-corrected chi connectivity index (χ3v) is 3.87. The number of aromatic nitrogens is 2. The fourth-order valence-corrected chi connectivity index (χ4v) is 2.61. The summed E-state index contributed by atoms with van der Waals surface area (Å²) in [6.07, 6.45) is 4.41. The topological polar surface area (TPSA) is 48.9 Å². The van der Waals surface area contributed by atoms with E-state index in [1.807, 2.05) is 24.3 Å². The number of unbranched alkanes of at least 4 members (excludes halogenated alkanes) is 1. The van der Waals surface area contributed by atoms with E-state index in [0.29, 0.717) is 0 Å². The van der Waals surface area contributed by atoms with Crippen molar-refractivity contribution in [3.63, 3.8) is 0 Å². The van der Waals surface area contributed by atoms with E-state index in [2.05, 4.69) is 16.9 Å². The van der Waals surface area contributed by atoms with Gasteiger partial charge in [0.15, 0.2) is 0 Å². The molecule has 2 atom stereocenters. The largest absolute Gasteiger partial charge is 0.387 e. The quantitative estimate of drug-likeness (QED) is 0.827. The van der Waals surface area contributed by atoms with Gasteiger partial charge in [0.2, 0.25) is 0 Å².